The zero-order valence-corrected chi connectivity index (χ0v) is 21.7. The van der Waals surface area contributed by atoms with Crippen molar-refractivity contribution in [3.8, 4) is 0 Å². The van der Waals surface area contributed by atoms with Crippen LogP contribution in [0, 0.1) is 13.8 Å². The fraction of sp³-hybridized carbons (Fsp3) is 0.286. The lowest BCUT2D eigenvalue weighted by molar-refractivity contribution is 0.0204. The van der Waals surface area contributed by atoms with Crippen LogP contribution in [0.1, 0.15) is 56.1 Å². The molecule has 0 aliphatic carbocycles. The van der Waals surface area contributed by atoms with E-state index in [9.17, 15) is 19.2 Å². The summed E-state index contributed by atoms with van der Waals surface area (Å²) < 4.78 is 12.8. The van der Waals surface area contributed by atoms with Gasteiger partial charge in [-0.15, -0.1) is 11.8 Å². The molecule has 1 saturated heterocycles. The number of aryl methyl sites for hydroxylation is 2. The van der Waals surface area contributed by atoms with Crippen molar-refractivity contribution in [3.05, 3.63) is 110 Å². The molecule has 0 spiro atoms. The number of benzene rings is 2. The van der Waals surface area contributed by atoms with E-state index >= 15 is 0 Å². The summed E-state index contributed by atoms with van der Waals surface area (Å²) in [4.78, 5) is 52.6. The molecule has 37 heavy (non-hydrogen) atoms. The van der Waals surface area contributed by atoms with Crippen LogP contribution in [0.4, 0.5) is 0 Å². The Morgan fingerprint density at radius 1 is 1.00 bits per heavy atom. The summed E-state index contributed by atoms with van der Waals surface area (Å²) in [6, 6.07) is 14.1. The number of hydrogen-bond donors (Lipinski definition) is 1. The third-order valence-corrected chi connectivity index (χ3v) is 7.65. The molecule has 1 aliphatic rings. The van der Waals surface area contributed by atoms with Gasteiger partial charge in [0.05, 0.1) is 27.3 Å². The highest BCUT2D eigenvalue weighted by Crippen LogP contribution is 2.43. The van der Waals surface area contributed by atoms with Gasteiger partial charge in [0.15, 0.2) is 0 Å². The maximum Gasteiger partial charge on any atom is 0.338 e. The second-order valence-electron chi connectivity index (χ2n) is 9.13. The number of aromatic nitrogens is 2. The fourth-order valence-corrected chi connectivity index (χ4v) is 5.46. The second-order valence-corrected chi connectivity index (χ2v) is 10.6. The summed E-state index contributed by atoms with van der Waals surface area (Å²) in [5, 5.41) is -0.887. The number of nitrogens with one attached hydrogen (secondary N) is 1. The molecular formula is C28H28N2O6S. The zero-order chi connectivity index (χ0) is 26.7. The van der Waals surface area contributed by atoms with Crippen LogP contribution in [0.3, 0.4) is 0 Å². The summed E-state index contributed by atoms with van der Waals surface area (Å²) in [6.45, 7) is 9.31. The number of carbonyl (C=O) groups is 2. The van der Waals surface area contributed by atoms with E-state index in [0.717, 1.165) is 11.1 Å². The number of hydrogen-bond acceptors (Lipinski definition) is 7. The van der Waals surface area contributed by atoms with Gasteiger partial charge in [-0.05, 0) is 50.6 Å². The second kappa shape index (κ2) is 11.0. The van der Waals surface area contributed by atoms with Crippen LogP contribution >= 0.6 is 11.8 Å². The molecule has 2 heterocycles. The fourth-order valence-electron chi connectivity index (χ4n) is 3.97. The average Bonchev–Trinajstić information content (AvgIpc) is 3.25. The van der Waals surface area contributed by atoms with Gasteiger partial charge < -0.3 is 9.47 Å². The lowest BCUT2D eigenvalue weighted by atomic mass is 10.1. The van der Waals surface area contributed by atoms with Gasteiger partial charge in [0.2, 0.25) is 0 Å². The highest BCUT2D eigenvalue weighted by atomic mass is 32.2. The summed E-state index contributed by atoms with van der Waals surface area (Å²) in [5.74, 6) is -0.990. The summed E-state index contributed by atoms with van der Waals surface area (Å²) in [5.41, 5.74) is 2.58. The molecule has 0 radical (unpaired) electrons. The first-order valence-electron chi connectivity index (χ1n) is 11.8. The topological polar surface area (TPSA) is 107 Å². The molecule has 8 nitrogen and oxygen atoms in total. The quantitative estimate of drug-likeness (QED) is 0.464. The average molecular weight is 521 g/mol. The first kappa shape index (κ1) is 26.2. The number of esters is 2. The zero-order valence-electron chi connectivity index (χ0n) is 20.9. The minimum Gasteiger partial charge on any atom is -0.461 e. The Labute approximate surface area is 218 Å². The van der Waals surface area contributed by atoms with Gasteiger partial charge in [-0.1, -0.05) is 42.0 Å². The van der Waals surface area contributed by atoms with Crippen molar-refractivity contribution in [2.75, 3.05) is 6.61 Å². The van der Waals surface area contributed by atoms with Gasteiger partial charge >= 0.3 is 17.6 Å². The van der Waals surface area contributed by atoms with Gasteiger partial charge in [0.1, 0.15) is 12.7 Å². The molecule has 0 saturated carbocycles. The standard InChI is InChI=1S/C28H28N2O6S/c1-16(2)21-14-30(28(34)29-25(21)31)24-13-22(36-27(33)20-11-7-18(4)8-12-20)23(37-24)15-35-26(32)19-9-5-17(3)6-10-19/h5-12,14,22-24H,1,13,15H2,2-4H3,(H,29,31,34)/t22-,23+,24+/m0/s1. The van der Waals surface area contributed by atoms with Gasteiger partial charge in [0.25, 0.3) is 5.56 Å². The minimum atomic E-state index is -0.637. The molecular weight excluding hydrogens is 492 g/mol. The summed E-state index contributed by atoms with van der Waals surface area (Å²) >= 11 is 1.35. The first-order chi connectivity index (χ1) is 17.6. The number of ether oxygens (including phenoxy) is 2. The van der Waals surface area contributed by atoms with E-state index in [1.807, 2.05) is 38.1 Å². The number of nitrogens with zero attached hydrogens (tertiary/aromatic N) is 1. The van der Waals surface area contributed by atoms with Crippen molar-refractivity contribution in [3.63, 3.8) is 0 Å². The number of aromatic amines is 1. The Balaban J connectivity index is 1.57. The van der Waals surface area contributed by atoms with E-state index in [2.05, 4.69) is 11.6 Å². The number of rotatable bonds is 7. The van der Waals surface area contributed by atoms with E-state index in [4.69, 9.17) is 9.47 Å². The molecule has 3 aromatic rings. The van der Waals surface area contributed by atoms with Crippen LogP contribution < -0.4 is 11.2 Å². The smallest absolute Gasteiger partial charge is 0.338 e. The highest BCUT2D eigenvalue weighted by molar-refractivity contribution is 8.00. The van der Waals surface area contributed by atoms with Crippen LogP contribution in [-0.2, 0) is 9.47 Å². The lowest BCUT2D eigenvalue weighted by Crippen LogP contribution is -2.33. The molecule has 9 heteroatoms. The number of H-pyrrole nitrogens is 1. The molecule has 1 aromatic heterocycles. The largest absolute Gasteiger partial charge is 0.461 e. The molecule has 1 N–H and O–H groups in total. The number of carbonyl (C=O) groups excluding carboxylic acids is 2. The van der Waals surface area contributed by atoms with Crippen molar-refractivity contribution in [1.29, 1.82) is 0 Å². The third-order valence-electron chi connectivity index (χ3n) is 6.13. The predicted octanol–water partition coefficient (Wildman–Crippen LogP) is 4.27. The van der Waals surface area contributed by atoms with Crippen molar-refractivity contribution in [2.45, 2.75) is 43.9 Å². The molecule has 3 atom stereocenters. The summed E-state index contributed by atoms with van der Waals surface area (Å²) in [7, 11) is 0. The van der Waals surface area contributed by atoms with Crippen molar-refractivity contribution in [2.24, 2.45) is 0 Å². The maximum absolute atomic E-state index is 12.9. The monoisotopic (exact) mass is 520 g/mol. The van der Waals surface area contributed by atoms with E-state index in [1.165, 1.54) is 22.5 Å². The molecule has 1 aliphatic heterocycles. The van der Waals surface area contributed by atoms with Crippen molar-refractivity contribution in [1.82, 2.24) is 9.55 Å². The Morgan fingerprint density at radius 3 is 2.14 bits per heavy atom. The van der Waals surface area contributed by atoms with Crippen LogP contribution in [0.25, 0.3) is 5.57 Å². The van der Waals surface area contributed by atoms with Crippen LogP contribution in [-0.4, -0.2) is 39.5 Å². The van der Waals surface area contributed by atoms with Crippen LogP contribution in [0.2, 0.25) is 0 Å². The Kier molecular flexibility index (Phi) is 7.83. The molecule has 1 fully saturated rings. The minimum absolute atomic E-state index is 0.0227. The molecule has 192 valence electrons. The van der Waals surface area contributed by atoms with E-state index < -0.39 is 39.9 Å². The Hall–Kier alpha value is -3.85. The van der Waals surface area contributed by atoms with Gasteiger partial charge in [-0.2, -0.15) is 0 Å². The number of allylic oxidation sites excluding steroid dienone is 1. The summed E-state index contributed by atoms with van der Waals surface area (Å²) in [6.07, 6.45) is 1.12. The number of thioether (sulfide) groups is 1. The SMILES string of the molecule is C=C(C)c1cn([C@H]2C[C@H](OC(=O)c3ccc(C)cc3)[C@@H](COC(=O)c3ccc(C)cc3)S2)c(=O)[nH]c1=O. The molecule has 2 aromatic carbocycles. The first-order valence-corrected chi connectivity index (χ1v) is 12.7. The van der Waals surface area contributed by atoms with Gasteiger partial charge in [-0.25, -0.2) is 14.4 Å². The van der Waals surface area contributed by atoms with Crippen molar-refractivity contribution >= 4 is 29.3 Å². The van der Waals surface area contributed by atoms with E-state index in [1.54, 1.807) is 31.2 Å². The van der Waals surface area contributed by atoms with Gasteiger partial charge in [-0.3, -0.25) is 14.3 Å². The predicted molar refractivity (Wildman–Crippen MR) is 143 cm³/mol. The Bertz CT molecular complexity index is 1440. The van der Waals surface area contributed by atoms with Crippen LogP contribution in [0.15, 0.2) is 70.9 Å². The molecule has 0 unspecified atom stereocenters. The molecule has 0 bridgehead atoms. The normalized spacial score (nSPS) is 18.8. The Morgan fingerprint density at radius 2 is 1.57 bits per heavy atom. The third kappa shape index (κ3) is 6.11. The van der Waals surface area contributed by atoms with E-state index in [-0.39, 0.29) is 13.0 Å². The molecule has 0 amide bonds. The lowest BCUT2D eigenvalue weighted by Gasteiger charge is -2.19. The van der Waals surface area contributed by atoms with E-state index in [0.29, 0.717) is 22.3 Å². The van der Waals surface area contributed by atoms with Gasteiger partial charge in [0, 0.05) is 12.6 Å². The maximum atomic E-state index is 12.9. The highest BCUT2D eigenvalue weighted by Gasteiger charge is 2.40. The molecule has 4 rings (SSSR count). The van der Waals surface area contributed by atoms with Crippen molar-refractivity contribution < 1.29 is 19.1 Å². The van der Waals surface area contributed by atoms with Crippen LogP contribution in [0.5, 0.6) is 0 Å².